The molecule has 0 radical (unpaired) electrons. The molecule has 0 bridgehead atoms. The Kier molecular flexibility index (Phi) is 7.98. The van der Waals surface area contributed by atoms with E-state index < -0.39 is 23.2 Å². The van der Waals surface area contributed by atoms with E-state index in [0.717, 1.165) is 23.1 Å². The molecule has 29 heavy (non-hydrogen) atoms. The standard InChI is InChI=1S/C20H24ClNO6S/c1-6-11(3)28-17-14(21)8-13(9-15(17)26-5)10-16-18(23)22(20(25)29-16)12(4)19(24)27-7-2/h8-12H,6-7H2,1-5H3/b16-10+/t11-,12-/m0/s1. The van der Waals surface area contributed by atoms with Crippen LogP contribution in [0, 0.1) is 0 Å². The van der Waals surface area contributed by atoms with Crippen molar-refractivity contribution in [2.45, 2.75) is 46.3 Å². The summed E-state index contributed by atoms with van der Waals surface area (Å²) < 4.78 is 16.1. The average molecular weight is 442 g/mol. The number of benzene rings is 1. The van der Waals surface area contributed by atoms with Crippen LogP contribution in [0.1, 0.15) is 39.7 Å². The number of methoxy groups -OCH3 is 1. The highest BCUT2D eigenvalue weighted by Crippen LogP contribution is 2.40. The number of carbonyl (C=O) groups is 3. The van der Waals surface area contributed by atoms with Crippen LogP contribution in [0.2, 0.25) is 5.02 Å². The number of thioether (sulfide) groups is 1. The van der Waals surface area contributed by atoms with E-state index in [1.807, 2.05) is 13.8 Å². The minimum absolute atomic E-state index is 0.0480. The van der Waals surface area contributed by atoms with Gasteiger partial charge in [-0.1, -0.05) is 18.5 Å². The number of halogens is 1. The summed E-state index contributed by atoms with van der Waals surface area (Å²) >= 11 is 7.11. The van der Waals surface area contributed by atoms with Crippen molar-refractivity contribution in [1.29, 1.82) is 0 Å². The summed E-state index contributed by atoms with van der Waals surface area (Å²) in [5.74, 6) is -0.351. The second kappa shape index (κ2) is 10.0. The molecule has 1 aromatic rings. The van der Waals surface area contributed by atoms with Crippen molar-refractivity contribution < 1.29 is 28.6 Å². The Bertz CT molecular complexity index is 841. The number of hydrogen-bond donors (Lipinski definition) is 0. The average Bonchev–Trinajstić information content (AvgIpc) is 2.96. The van der Waals surface area contributed by atoms with Crippen LogP contribution in [0.4, 0.5) is 4.79 Å². The maximum absolute atomic E-state index is 12.7. The van der Waals surface area contributed by atoms with Crippen LogP contribution in [0.25, 0.3) is 6.08 Å². The summed E-state index contributed by atoms with van der Waals surface area (Å²) in [7, 11) is 1.49. The van der Waals surface area contributed by atoms with Gasteiger partial charge in [0.2, 0.25) is 0 Å². The molecule has 2 atom stereocenters. The summed E-state index contributed by atoms with van der Waals surface area (Å²) in [4.78, 5) is 38.0. The Morgan fingerprint density at radius 2 is 1.97 bits per heavy atom. The minimum atomic E-state index is -1.00. The molecule has 9 heteroatoms. The third-order valence-electron chi connectivity index (χ3n) is 4.28. The van der Waals surface area contributed by atoms with Gasteiger partial charge in [0, 0.05) is 0 Å². The molecule has 1 fully saturated rings. The molecule has 1 saturated heterocycles. The molecule has 0 unspecified atom stereocenters. The van der Waals surface area contributed by atoms with Crippen LogP contribution in [-0.2, 0) is 14.3 Å². The lowest BCUT2D eigenvalue weighted by Gasteiger charge is -2.19. The summed E-state index contributed by atoms with van der Waals surface area (Å²) in [6, 6.07) is 2.30. The zero-order chi connectivity index (χ0) is 21.7. The first kappa shape index (κ1) is 23.1. The lowest BCUT2D eigenvalue weighted by atomic mass is 10.1. The number of ether oxygens (including phenoxy) is 3. The first-order valence-corrected chi connectivity index (χ1v) is 10.4. The fourth-order valence-electron chi connectivity index (χ4n) is 2.56. The largest absolute Gasteiger partial charge is 0.493 e. The number of hydrogen-bond acceptors (Lipinski definition) is 7. The second-order valence-electron chi connectivity index (χ2n) is 6.35. The number of nitrogens with zero attached hydrogens (tertiary/aromatic N) is 1. The van der Waals surface area contributed by atoms with Crippen molar-refractivity contribution in [3.05, 3.63) is 27.6 Å². The zero-order valence-corrected chi connectivity index (χ0v) is 18.6. The number of imide groups is 1. The number of carbonyl (C=O) groups excluding carboxylic acids is 3. The third-order valence-corrected chi connectivity index (χ3v) is 5.45. The molecule has 1 aliphatic heterocycles. The number of amides is 2. The summed E-state index contributed by atoms with van der Waals surface area (Å²) in [5, 5.41) is -0.202. The van der Waals surface area contributed by atoms with E-state index in [9.17, 15) is 14.4 Å². The lowest BCUT2D eigenvalue weighted by Crippen LogP contribution is -2.42. The van der Waals surface area contributed by atoms with Crippen LogP contribution < -0.4 is 9.47 Å². The molecule has 2 amide bonds. The number of esters is 1. The van der Waals surface area contributed by atoms with Gasteiger partial charge in [-0.05, 0) is 62.7 Å². The predicted molar refractivity (Wildman–Crippen MR) is 112 cm³/mol. The topological polar surface area (TPSA) is 82.1 Å². The van der Waals surface area contributed by atoms with Crippen LogP contribution >= 0.6 is 23.4 Å². The van der Waals surface area contributed by atoms with Crippen LogP contribution in [0.5, 0.6) is 11.5 Å². The van der Waals surface area contributed by atoms with Gasteiger partial charge in [-0.2, -0.15) is 0 Å². The van der Waals surface area contributed by atoms with E-state index in [4.69, 9.17) is 25.8 Å². The van der Waals surface area contributed by atoms with Gasteiger partial charge in [-0.15, -0.1) is 0 Å². The lowest BCUT2D eigenvalue weighted by molar-refractivity contribution is -0.150. The summed E-state index contributed by atoms with van der Waals surface area (Å²) in [6.07, 6.45) is 2.28. The fraction of sp³-hybridized carbons (Fsp3) is 0.450. The van der Waals surface area contributed by atoms with Crippen molar-refractivity contribution in [2.24, 2.45) is 0 Å². The van der Waals surface area contributed by atoms with Gasteiger partial charge in [-0.3, -0.25) is 14.5 Å². The van der Waals surface area contributed by atoms with Crippen LogP contribution in [0.3, 0.4) is 0 Å². The fourth-order valence-corrected chi connectivity index (χ4v) is 3.73. The van der Waals surface area contributed by atoms with Gasteiger partial charge in [0.05, 0.1) is 29.7 Å². The quantitative estimate of drug-likeness (QED) is 0.433. The van der Waals surface area contributed by atoms with Gasteiger partial charge < -0.3 is 14.2 Å². The monoisotopic (exact) mass is 441 g/mol. The molecule has 0 saturated carbocycles. The zero-order valence-electron chi connectivity index (χ0n) is 17.0. The molecule has 1 heterocycles. The summed E-state index contributed by atoms with van der Waals surface area (Å²) in [6.45, 7) is 7.19. The molecule has 0 aromatic heterocycles. The Labute approximate surface area is 179 Å². The first-order chi connectivity index (χ1) is 13.7. The maximum atomic E-state index is 12.7. The second-order valence-corrected chi connectivity index (χ2v) is 7.75. The molecule has 2 rings (SSSR count). The molecule has 1 aromatic carbocycles. The third kappa shape index (κ3) is 5.25. The molecular weight excluding hydrogens is 418 g/mol. The van der Waals surface area contributed by atoms with E-state index >= 15 is 0 Å². The van der Waals surface area contributed by atoms with Gasteiger partial charge >= 0.3 is 5.97 Å². The molecule has 7 nitrogen and oxygen atoms in total. The van der Waals surface area contributed by atoms with Gasteiger partial charge in [0.25, 0.3) is 11.1 Å². The van der Waals surface area contributed by atoms with Gasteiger partial charge in [0.1, 0.15) is 6.04 Å². The van der Waals surface area contributed by atoms with E-state index in [0.29, 0.717) is 22.1 Å². The van der Waals surface area contributed by atoms with Crippen molar-refractivity contribution in [1.82, 2.24) is 4.90 Å². The number of rotatable bonds is 8. The Hall–Kier alpha value is -2.19. The molecule has 0 aliphatic carbocycles. The highest BCUT2D eigenvalue weighted by molar-refractivity contribution is 8.18. The first-order valence-electron chi connectivity index (χ1n) is 9.21. The predicted octanol–water partition coefficient (Wildman–Crippen LogP) is 4.51. The van der Waals surface area contributed by atoms with E-state index in [1.165, 1.54) is 20.1 Å². The van der Waals surface area contributed by atoms with Crippen LogP contribution in [0.15, 0.2) is 17.0 Å². The highest BCUT2D eigenvalue weighted by atomic mass is 35.5. The van der Waals surface area contributed by atoms with Crippen molar-refractivity contribution in [3.8, 4) is 11.5 Å². The Morgan fingerprint density at radius 1 is 1.28 bits per heavy atom. The molecule has 0 spiro atoms. The Morgan fingerprint density at radius 3 is 2.55 bits per heavy atom. The molecule has 1 aliphatic rings. The van der Waals surface area contributed by atoms with Crippen molar-refractivity contribution in [3.63, 3.8) is 0 Å². The van der Waals surface area contributed by atoms with E-state index in [-0.39, 0.29) is 17.6 Å². The highest BCUT2D eigenvalue weighted by Gasteiger charge is 2.41. The molecule has 0 N–H and O–H groups in total. The smallest absolute Gasteiger partial charge is 0.329 e. The normalized spacial score (nSPS) is 17.4. The minimum Gasteiger partial charge on any atom is -0.493 e. The van der Waals surface area contributed by atoms with Crippen molar-refractivity contribution >= 4 is 46.6 Å². The van der Waals surface area contributed by atoms with Gasteiger partial charge in [-0.25, -0.2) is 4.79 Å². The van der Waals surface area contributed by atoms with Crippen molar-refractivity contribution in [2.75, 3.05) is 13.7 Å². The molecular formula is C20H24ClNO6S. The van der Waals surface area contributed by atoms with E-state index in [2.05, 4.69) is 0 Å². The Balaban J connectivity index is 2.32. The van der Waals surface area contributed by atoms with Crippen LogP contribution in [-0.4, -0.2) is 47.9 Å². The SMILES string of the molecule is CCOC(=O)[C@H](C)N1C(=O)S/C(=C/c2cc(Cl)c(O[C@@H](C)CC)c(OC)c2)C1=O. The van der Waals surface area contributed by atoms with Gasteiger partial charge in [0.15, 0.2) is 11.5 Å². The summed E-state index contributed by atoms with van der Waals surface area (Å²) in [5.41, 5.74) is 0.567. The van der Waals surface area contributed by atoms with E-state index in [1.54, 1.807) is 19.1 Å². The maximum Gasteiger partial charge on any atom is 0.329 e. The molecule has 158 valence electrons.